The summed E-state index contributed by atoms with van der Waals surface area (Å²) in [6.45, 7) is 9.28. The average Bonchev–Trinajstić information content (AvgIpc) is 2.18. The number of hydrogen-bond acceptors (Lipinski definition) is 4. The number of aliphatic hydroxyl groups excluding tert-OH is 1. The maximum atomic E-state index is 10.1. The summed E-state index contributed by atoms with van der Waals surface area (Å²) in [4.78, 5) is 10.1. The van der Waals surface area contributed by atoms with Gasteiger partial charge in [0.25, 0.3) is 0 Å². The predicted molar refractivity (Wildman–Crippen MR) is 64.1 cm³/mol. The van der Waals surface area contributed by atoms with Crippen molar-refractivity contribution in [2.45, 2.75) is 59.7 Å². The van der Waals surface area contributed by atoms with Gasteiger partial charge in [-0.3, -0.25) is 4.79 Å². The Balaban J connectivity index is 0. The van der Waals surface area contributed by atoms with Crippen molar-refractivity contribution >= 4 is 5.97 Å². The van der Waals surface area contributed by atoms with Crippen molar-refractivity contribution in [3.8, 4) is 0 Å². The summed E-state index contributed by atoms with van der Waals surface area (Å²) in [5, 5.41) is 8.78. The van der Waals surface area contributed by atoms with Crippen LogP contribution in [0.2, 0.25) is 0 Å². The van der Waals surface area contributed by atoms with Crippen LogP contribution in [0.1, 0.15) is 53.4 Å². The molecule has 0 saturated heterocycles. The maximum Gasteiger partial charge on any atom is 0.304 e. The Morgan fingerprint density at radius 1 is 1.12 bits per heavy atom. The molecule has 16 heavy (non-hydrogen) atoms. The quantitative estimate of drug-likeness (QED) is 0.418. The molecule has 0 spiro atoms. The molecule has 0 heterocycles. The summed E-state index contributed by atoms with van der Waals surface area (Å²) < 4.78 is 9.54. The fourth-order valence-electron chi connectivity index (χ4n) is 0.888. The van der Waals surface area contributed by atoms with Crippen LogP contribution in [-0.2, 0) is 14.3 Å². The largest absolute Gasteiger partial charge is 0.436 e. The maximum absolute atomic E-state index is 10.1. The molecule has 1 atom stereocenters. The highest BCUT2D eigenvalue weighted by molar-refractivity contribution is 5.65. The second-order valence-corrected chi connectivity index (χ2v) is 3.47. The Morgan fingerprint density at radius 2 is 1.62 bits per heavy atom. The standard InChI is InChI=1S/C6H12O3.C6H14O/c1-3-4-6(8)9-5(2)7;1-3-5-7-6-4-2/h6,8H,3-4H2,1-2H3;3-6H2,1-2H3. The van der Waals surface area contributed by atoms with Crippen molar-refractivity contribution in [3.63, 3.8) is 0 Å². The molecule has 0 aromatic carbocycles. The van der Waals surface area contributed by atoms with Crippen LogP contribution in [-0.4, -0.2) is 30.6 Å². The first-order valence-corrected chi connectivity index (χ1v) is 6.01. The van der Waals surface area contributed by atoms with Gasteiger partial charge in [-0.2, -0.15) is 0 Å². The second kappa shape index (κ2) is 14.4. The Bertz CT molecular complexity index is 144. The van der Waals surface area contributed by atoms with Crippen LogP contribution in [0, 0.1) is 0 Å². The van der Waals surface area contributed by atoms with Gasteiger partial charge >= 0.3 is 5.97 Å². The zero-order valence-electron chi connectivity index (χ0n) is 11.0. The molecule has 0 aliphatic heterocycles. The third-order valence-electron chi connectivity index (χ3n) is 1.53. The topological polar surface area (TPSA) is 55.8 Å². The van der Waals surface area contributed by atoms with Crippen LogP contribution in [0.3, 0.4) is 0 Å². The molecule has 0 rings (SSSR count). The summed E-state index contributed by atoms with van der Waals surface area (Å²) in [7, 11) is 0. The lowest BCUT2D eigenvalue weighted by Crippen LogP contribution is -2.14. The van der Waals surface area contributed by atoms with Crippen molar-refractivity contribution in [2.24, 2.45) is 0 Å². The lowest BCUT2D eigenvalue weighted by molar-refractivity contribution is -0.165. The zero-order chi connectivity index (χ0) is 12.8. The molecule has 0 radical (unpaired) electrons. The molecular formula is C12H26O4. The van der Waals surface area contributed by atoms with E-state index in [1.165, 1.54) is 6.92 Å². The number of ether oxygens (including phenoxy) is 2. The first-order chi connectivity index (χ1) is 7.58. The van der Waals surface area contributed by atoms with Crippen LogP contribution in [0.15, 0.2) is 0 Å². The molecule has 98 valence electrons. The third kappa shape index (κ3) is 19.0. The normalized spacial score (nSPS) is 11.3. The zero-order valence-corrected chi connectivity index (χ0v) is 11.0. The Hall–Kier alpha value is -0.610. The van der Waals surface area contributed by atoms with Gasteiger partial charge in [0.1, 0.15) is 0 Å². The minimum atomic E-state index is -0.910. The highest BCUT2D eigenvalue weighted by atomic mass is 16.6. The average molecular weight is 234 g/mol. The van der Waals surface area contributed by atoms with Crippen LogP contribution < -0.4 is 0 Å². The fraction of sp³-hybridized carbons (Fsp3) is 0.917. The summed E-state index contributed by atoms with van der Waals surface area (Å²) in [6.07, 6.45) is 2.70. The molecule has 0 saturated carbocycles. The van der Waals surface area contributed by atoms with E-state index in [0.717, 1.165) is 32.5 Å². The van der Waals surface area contributed by atoms with E-state index in [1.54, 1.807) is 0 Å². The molecule has 0 fully saturated rings. The van der Waals surface area contributed by atoms with Gasteiger partial charge in [-0.25, -0.2) is 0 Å². The third-order valence-corrected chi connectivity index (χ3v) is 1.53. The molecule has 4 nitrogen and oxygen atoms in total. The van der Waals surface area contributed by atoms with Gasteiger partial charge in [0.15, 0.2) is 0 Å². The SMILES string of the molecule is CCCC(O)OC(C)=O.CCCOCCC. The van der Waals surface area contributed by atoms with Gasteiger partial charge in [-0.05, 0) is 12.8 Å². The highest BCUT2D eigenvalue weighted by Crippen LogP contribution is 1.97. The van der Waals surface area contributed by atoms with Crippen LogP contribution in [0.5, 0.6) is 0 Å². The van der Waals surface area contributed by atoms with Crippen molar-refractivity contribution in [1.29, 1.82) is 0 Å². The van der Waals surface area contributed by atoms with Crippen molar-refractivity contribution in [2.75, 3.05) is 13.2 Å². The molecule has 0 aliphatic carbocycles. The van der Waals surface area contributed by atoms with E-state index in [1.807, 2.05) is 6.92 Å². The van der Waals surface area contributed by atoms with Crippen molar-refractivity contribution in [1.82, 2.24) is 0 Å². The van der Waals surface area contributed by atoms with Crippen molar-refractivity contribution < 1.29 is 19.4 Å². The van der Waals surface area contributed by atoms with Crippen molar-refractivity contribution in [3.05, 3.63) is 0 Å². The molecular weight excluding hydrogens is 208 g/mol. The lowest BCUT2D eigenvalue weighted by Gasteiger charge is -2.07. The van der Waals surface area contributed by atoms with Gasteiger partial charge in [0.2, 0.25) is 6.29 Å². The Labute approximate surface area is 98.9 Å². The van der Waals surface area contributed by atoms with Gasteiger partial charge in [0, 0.05) is 26.6 Å². The molecule has 0 aromatic heterocycles. The molecule has 0 aromatic rings. The van der Waals surface area contributed by atoms with Crippen LogP contribution in [0.4, 0.5) is 0 Å². The molecule has 0 amide bonds. The Kier molecular flexibility index (Phi) is 16.0. The van der Waals surface area contributed by atoms with E-state index in [-0.39, 0.29) is 0 Å². The van der Waals surface area contributed by atoms with Gasteiger partial charge in [-0.1, -0.05) is 27.2 Å². The summed E-state index contributed by atoms with van der Waals surface area (Å²) in [6, 6.07) is 0. The van der Waals surface area contributed by atoms with Gasteiger partial charge < -0.3 is 14.6 Å². The number of aliphatic hydroxyl groups is 1. The lowest BCUT2D eigenvalue weighted by atomic mass is 10.3. The minimum Gasteiger partial charge on any atom is -0.436 e. The smallest absolute Gasteiger partial charge is 0.304 e. The van der Waals surface area contributed by atoms with E-state index < -0.39 is 12.3 Å². The first kappa shape index (κ1) is 17.8. The first-order valence-electron chi connectivity index (χ1n) is 6.01. The summed E-state index contributed by atoms with van der Waals surface area (Å²) in [5.74, 6) is -0.434. The second-order valence-electron chi connectivity index (χ2n) is 3.47. The molecule has 0 bridgehead atoms. The monoisotopic (exact) mass is 234 g/mol. The molecule has 1 unspecified atom stereocenters. The van der Waals surface area contributed by atoms with Crippen LogP contribution in [0.25, 0.3) is 0 Å². The van der Waals surface area contributed by atoms with Gasteiger partial charge in [-0.15, -0.1) is 0 Å². The van der Waals surface area contributed by atoms with E-state index >= 15 is 0 Å². The number of carbonyl (C=O) groups excluding carboxylic acids is 1. The van der Waals surface area contributed by atoms with E-state index in [9.17, 15) is 4.79 Å². The van der Waals surface area contributed by atoms with E-state index in [4.69, 9.17) is 9.84 Å². The van der Waals surface area contributed by atoms with Crippen LogP contribution >= 0.6 is 0 Å². The fourth-order valence-corrected chi connectivity index (χ4v) is 0.888. The molecule has 0 aliphatic rings. The molecule has 4 heteroatoms. The number of rotatable bonds is 7. The van der Waals surface area contributed by atoms with E-state index in [0.29, 0.717) is 6.42 Å². The summed E-state index contributed by atoms with van der Waals surface area (Å²) in [5.41, 5.74) is 0. The number of hydrogen-bond donors (Lipinski definition) is 1. The predicted octanol–water partition coefficient (Wildman–Crippen LogP) is 2.49. The summed E-state index contributed by atoms with van der Waals surface area (Å²) >= 11 is 0. The van der Waals surface area contributed by atoms with E-state index in [2.05, 4.69) is 18.6 Å². The minimum absolute atomic E-state index is 0.434. The molecule has 1 N–H and O–H groups in total. The Morgan fingerprint density at radius 3 is 1.94 bits per heavy atom. The highest BCUT2D eigenvalue weighted by Gasteiger charge is 2.03. The van der Waals surface area contributed by atoms with Gasteiger partial charge in [0.05, 0.1) is 0 Å². The number of carbonyl (C=O) groups is 1. The number of esters is 1.